The molecule has 0 radical (unpaired) electrons. The van der Waals surface area contributed by atoms with E-state index < -0.39 is 18.1 Å². The zero-order chi connectivity index (χ0) is 29.9. The monoisotopic (exact) mass is 571 g/mol. The Morgan fingerprint density at radius 3 is 2.67 bits per heavy atom. The molecule has 2 aromatic carbocycles. The third-order valence-electron chi connectivity index (χ3n) is 9.47. The summed E-state index contributed by atoms with van der Waals surface area (Å²) in [5.41, 5.74) is 6.47. The average Bonchev–Trinajstić information content (AvgIpc) is 3.46. The van der Waals surface area contributed by atoms with Gasteiger partial charge < -0.3 is 24.1 Å². The van der Waals surface area contributed by atoms with Crippen LogP contribution >= 0.6 is 0 Å². The lowest BCUT2D eigenvalue weighted by atomic mass is 9.71. The number of likely N-dealkylation sites (N-methyl/N-ethyl adjacent to an activating group) is 1. The molecule has 42 heavy (non-hydrogen) atoms. The Balaban J connectivity index is 1.60. The van der Waals surface area contributed by atoms with Gasteiger partial charge in [-0.25, -0.2) is 4.79 Å². The van der Waals surface area contributed by atoms with Crippen LogP contribution in [0.5, 0.6) is 23.0 Å². The average molecular weight is 572 g/mol. The van der Waals surface area contributed by atoms with Gasteiger partial charge in [0.05, 0.1) is 18.2 Å². The topological polar surface area (TPSA) is 104 Å². The van der Waals surface area contributed by atoms with Gasteiger partial charge in [0.15, 0.2) is 11.5 Å². The van der Waals surface area contributed by atoms with Crippen LogP contribution in [0.25, 0.3) is 0 Å². The fourth-order valence-electron chi connectivity index (χ4n) is 7.54. The Morgan fingerprint density at radius 1 is 1.19 bits per heavy atom. The van der Waals surface area contributed by atoms with Gasteiger partial charge in [-0.15, -0.1) is 0 Å². The molecule has 5 atom stereocenters. The smallest absolute Gasteiger partial charge is 0.330 e. The molecule has 1 fully saturated rings. The first-order valence-electron chi connectivity index (χ1n) is 14.4. The van der Waals surface area contributed by atoms with Crippen LogP contribution in [0, 0.1) is 32.1 Å². The summed E-state index contributed by atoms with van der Waals surface area (Å²) in [4.78, 5) is 17.1. The number of phenols is 1. The molecule has 0 aliphatic carbocycles. The summed E-state index contributed by atoms with van der Waals surface area (Å²) >= 11 is 0. The number of nitrogens with zero attached hydrogens (tertiary/aromatic N) is 3. The zero-order valence-corrected chi connectivity index (χ0v) is 24.8. The lowest BCUT2D eigenvalue weighted by Crippen LogP contribution is -2.68. The van der Waals surface area contributed by atoms with E-state index >= 15 is 0 Å². The summed E-state index contributed by atoms with van der Waals surface area (Å²) in [5, 5.41) is 22.3. The van der Waals surface area contributed by atoms with Gasteiger partial charge in [0, 0.05) is 40.4 Å². The predicted molar refractivity (Wildman–Crippen MR) is 156 cm³/mol. The number of rotatable bonds is 6. The lowest BCUT2D eigenvalue weighted by molar-refractivity contribution is -0.143. The second kappa shape index (κ2) is 10.7. The van der Waals surface area contributed by atoms with E-state index in [-0.39, 0.29) is 31.5 Å². The molecule has 6 rings (SSSR count). The summed E-state index contributed by atoms with van der Waals surface area (Å²) in [6, 6.07) is 3.19. The number of hydrogen-bond donors (Lipinski definition) is 1. The molecule has 9 nitrogen and oxygen atoms in total. The Kier molecular flexibility index (Phi) is 7.16. The third kappa shape index (κ3) is 4.08. The molecule has 1 saturated heterocycles. The van der Waals surface area contributed by atoms with E-state index in [0.29, 0.717) is 42.4 Å². The first kappa shape index (κ1) is 28.1. The van der Waals surface area contributed by atoms with Gasteiger partial charge in [-0.3, -0.25) is 9.80 Å². The Morgan fingerprint density at radius 2 is 1.95 bits per heavy atom. The third-order valence-corrected chi connectivity index (χ3v) is 9.47. The molecule has 1 N–H and O–H groups in total. The summed E-state index contributed by atoms with van der Waals surface area (Å²) in [6.07, 6.45) is 5.88. The lowest BCUT2D eigenvalue weighted by Gasteiger charge is -2.59. The Labute approximate surface area is 246 Å². The molecule has 0 spiro atoms. The van der Waals surface area contributed by atoms with Crippen LogP contribution in [-0.2, 0) is 22.4 Å². The molecule has 2 aromatic rings. The van der Waals surface area contributed by atoms with Crippen LogP contribution in [0.3, 0.4) is 0 Å². The maximum atomic E-state index is 12.6. The van der Waals surface area contributed by atoms with Crippen LogP contribution in [0.2, 0.25) is 0 Å². The van der Waals surface area contributed by atoms with Crippen molar-refractivity contribution in [3.05, 3.63) is 69.8 Å². The molecule has 0 saturated carbocycles. The van der Waals surface area contributed by atoms with E-state index in [2.05, 4.69) is 28.5 Å². The first-order valence-corrected chi connectivity index (χ1v) is 14.4. The van der Waals surface area contributed by atoms with Gasteiger partial charge in [0.25, 0.3) is 0 Å². The van der Waals surface area contributed by atoms with Crippen LogP contribution in [-0.4, -0.2) is 66.1 Å². The molecule has 4 heterocycles. The molecular weight excluding hydrogens is 534 g/mol. The van der Waals surface area contributed by atoms with Gasteiger partial charge in [0.1, 0.15) is 30.8 Å². The van der Waals surface area contributed by atoms with E-state index in [0.717, 1.165) is 38.9 Å². The minimum absolute atomic E-state index is 0.0134. The number of piperazine rings is 1. The number of hydrogen-bond acceptors (Lipinski definition) is 9. The minimum Gasteiger partial charge on any atom is -0.507 e. The number of benzene rings is 2. The number of allylic oxidation sites excluding steroid dienone is 1. The van der Waals surface area contributed by atoms with Crippen molar-refractivity contribution in [2.45, 2.75) is 70.7 Å². The van der Waals surface area contributed by atoms with Crippen LogP contribution < -0.4 is 14.2 Å². The van der Waals surface area contributed by atoms with Crippen molar-refractivity contribution in [1.82, 2.24) is 9.80 Å². The summed E-state index contributed by atoms with van der Waals surface area (Å²) in [5.74, 6) is 1.75. The Bertz CT molecular complexity index is 1540. The SMILES string of the molecule is C=CCOc1c(C)c2c(c3c1CC1[C@H]4c5c(cc(C)c(C)c5O)C[C@@H]([C@H](C#N)N1[C@H]3COC(=O)/C=C/C)N4C)OCO2. The number of carbonyl (C=O) groups excluding carboxylic acids is 1. The summed E-state index contributed by atoms with van der Waals surface area (Å²) in [7, 11) is 2.05. The summed E-state index contributed by atoms with van der Waals surface area (Å²) in [6.45, 7) is 11.9. The van der Waals surface area contributed by atoms with Gasteiger partial charge in [-0.1, -0.05) is 24.8 Å². The second-order valence-electron chi connectivity index (χ2n) is 11.6. The summed E-state index contributed by atoms with van der Waals surface area (Å²) < 4.78 is 24.1. The van der Waals surface area contributed by atoms with Crippen molar-refractivity contribution in [2.24, 2.45) is 0 Å². The molecule has 220 valence electrons. The number of aromatic hydroxyl groups is 1. The largest absolute Gasteiger partial charge is 0.507 e. The fraction of sp³-hybridized carbons (Fsp3) is 0.455. The van der Waals surface area contributed by atoms with Crippen LogP contribution in [0.1, 0.15) is 58.0 Å². The second-order valence-corrected chi connectivity index (χ2v) is 11.6. The van der Waals surface area contributed by atoms with Crippen LogP contribution in [0.15, 0.2) is 30.9 Å². The maximum absolute atomic E-state index is 12.6. The highest BCUT2D eigenvalue weighted by Crippen LogP contribution is 2.57. The highest BCUT2D eigenvalue weighted by Gasteiger charge is 2.56. The van der Waals surface area contributed by atoms with Crippen molar-refractivity contribution in [3.8, 4) is 29.1 Å². The van der Waals surface area contributed by atoms with Gasteiger partial charge in [-0.05, 0) is 64.3 Å². The molecule has 0 aromatic heterocycles. The normalized spacial score (nSPS) is 25.8. The van der Waals surface area contributed by atoms with Crippen molar-refractivity contribution in [3.63, 3.8) is 0 Å². The van der Waals surface area contributed by atoms with Crippen molar-refractivity contribution in [2.75, 3.05) is 27.1 Å². The highest BCUT2D eigenvalue weighted by molar-refractivity contribution is 5.81. The van der Waals surface area contributed by atoms with E-state index in [9.17, 15) is 15.2 Å². The number of fused-ring (bicyclic) bond motifs is 9. The van der Waals surface area contributed by atoms with Crippen molar-refractivity contribution >= 4 is 5.97 Å². The molecule has 4 aliphatic rings. The number of esters is 1. The first-order chi connectivity index (χ1) is 20.2. The Hall–Kier alpha value is -4.00. The number of nitriles is 1. The van der Waals surface area contributed by atoms with E-state index in [1.54, 1.807) is 19.1 Å². The zero-order valence-electron chi connectivity index (χ0n) is 24.8. The highest BCUT2D eigenvalue weighted by atomic mass is 16.7. The fourth-order valence-corrected chi connectivity index (χ4v) is 7.54. The maximum Gasteiger partial charge on any atom is 0.330 e. The van der Waals surface area contributed by atoms with Crippen molar-refractivity contribution < 1.29 is 28.8 Å². The predicted octanol–water partition coefficient (Wildman–Crippen LogP) is 4.50. The van der Waals surface area contributed by atoms with E-state index in [1.807, 2.05) is 27.8 Å². The molecule has 4 aliphatic heterocycles. The number of ether oxygens (including phenoxy) is 4. The van der Waals surface area contributed by atoms with E-state index in [4.69, 9.17) is 18.9 Å². The molecule has 2 bridgehead atoms. The number of carbonyl (C=O) groups is 1. The van der Waals surface area contributed by atoms with Crippen LogP contribution in [0.4, 0.5) is 0 Å². The standard InChI is InChI=1S/C33H37N3O6/c1-7-9-26(37)40-15-25-28-21(31(39-10-8-2)19(5)32-33(28)42-16-41-32)13-23-29-27-20(11-17(3)18(4)30(27)38)12-22(35(29)6)24(14-34)36(23)25/h7-9,11,22-25,29,38H,2,10,12-13,15-16H2,1,3-6H3/b9-7+/t22-,23?,24-,25-,29-/m0/s1. The quantitative estimate of drug-likeness (QED) is 0.305. The molecule has 1 unspecified atom stereocenters. The van der Waals surface area contributed by atoms with Gasteiger partial charge in [0.2, 0.25) is 6.79 Å². The van der Waals surface area contributed by atoms with E-state index in [1.165, 1.54) is 6.08 Å². The number of aryl methyl sites for hydroxylation is 1. The minimum atomic E-state index is -0.511. The molecule has 9 heteroatoms. The van der Waals surface area contributed by atoms with Gasteiger partial charge >= 0.3 is 5.97 Å². The molecular formula is C33H37N3O6. The molecule has 0 amide bonds. The van der Waals surface area contributed by atoms with Gasteiger partial charge in [-0.2, -0.15) is 5.26 Å². The van der Waals surface area contributed by atoms with Crippen molar-refractivity contribution in [1.29, 1.82) is 5.26 Å². The number of phenolic OH excluding ortho intramolecular Hbond substituents is 1.